The highest BCUT2D eigenvalue weighted by molar-refractivity contribution is 5.75. The molecule has 2 rings (SSSR count). The highest BCUT2D eigenvalue weighted by Gasteiger charge is 2.06. The second-order valence-corrected chi connectivity index (χ2v) is 3.81. The lowest BCUT2D eigenvalue weighted by Gasteiger charge is -2.02. The summed E-state index contributed by atoms with van der Waals surface area (Å²) < 4.78 is 2.07. The average molecular weight is 217 g/mol. The zero-order valence-corrected chi connectivity index (χ0v) is 9.53. The van der Waals surface area contributed by atoms with E-state index in [1.54, 1.807) is 0 Å². The summed E-state index contributed by atoms with van der Waals surface area (Å²) >= 11 is 0. The molecule has 1 N–H and O–H groups in total. The van der Waals surface area contributed by atoms with Gasteiger partial charge in [0.05, 0.1) is 11.0 Å². The van der Waals surface area contributed by atoms with Gasteiger partial charge >= 0.3 is 0 Å². The number of benzene rings is 1. The summed E-state index contributed by atoms with van der Waals surface area (Å²) in [6.07, 6.45) is 0.755. The van der Waals surface area contributed by atoms with E-state index in [0.29, 0.717) is 6.54 Å². The summed E-state index contributed by atoms with van der Waals surface area (Å²) in [6.45, 7) is 2.15. The maximum Gasteiger partial charge on any atom is 0.216 e. The number of carbonyl (C=O) groups excluding carboxylic acids is 1. The normalized spacial score (nSPS) is 10.6. The molecule has 2 aromatic rings. The molecule has 16 heavy (non-hydrogen) atoms. The number of aryl methyl sites for hydroxylation is 1. The summed E-state index contributed by atoms with van der Waals surface area (Å²) in [5.74, 6) is 0.994. The van der Waals surface area contributed by atoms with Crippen LogP contribution in [0.3, 0.4) is 0 Å². The molecule has 1 aromatic heterocycles. The van der Waals surface area contributed by atoms with Crippen molar-refractivity contribution in [2.75, 3.05) is 6.54 Å². The number of aromatic nitrogens is 2. The summed E-state index contributed by atoms with van der Waals surface area (Å²) in [5, 5.41) is 2.77. The van der Waals surface area contributed by atoms with Crippen molar-refractivity contribution in [1.82, 2.24) is 14.9 Å². The Morgan fingerprint density at radius 2 is 2.19 bits per heavy atom. The number of hydrogen-bond acceptors (Lipinski definition) is 2. The smallest absolute Gasteiger partial charge is 0.216 e. The van der Waals surface area contributed by atoms with Crippen LogP contribution in [0.25, 0.3) is 11.0 Å². The van der Waals surface area contributed by atoms with E-state index in [1.807, 2.05) is 31.3 Å². The number of para-hydroxylation sites is 2. The van der Waals surface area contributed by atoms with Gasteiger partial charge in [0.15, 0.2) is 0 Å². The average Bonchev–Trinajstić information content (AvgIpc) is 2.56. The molecular formula is C12H15N3O. The molecule has 84 valence electrons. The second kappa shape index (κ2) is 4.35. The van der Waals surface area contributed by atoms with Crippen LogP contribution in [0, 0.1) is 0 Å². The molecule has 0 bridgehead atoms. The summed E-state index contributed by atoms with van der Waals surface area (Å²) in [5.41, 5.74) is 2.13. The Balaban J connectivity index is 2.18. The lowest BCUT2D eigenvalue weighted by molar-refractivity contribution is -0.118. The molecule has 0 spiro atoms. The van der Waals surface area contributed by atoms with Crippen LogP contribution in [0.4, 0.5) is 0 Å². The van der Waals surface area contributed by atoms with E-state index in [-0.39, 0.29) is 5.91 Å². The number of rotatable bonds is 3. The first-order chi connectivity index (χ1) is 7.68. The number of amides is 1. The molecule has 0 aliphatic heterocycles. The van der Waals surface area contributed by atoms with Crippen molar-refractivity contribution < 1.29 is 4.79 Å². The first kappa shape index (κ1) is 10.7. The highest BCUT2D eigenvalue weighted by atomic mass is 16.1. The monoisotopic (exact) mass is 217 g/mol. The lowest BCUT2D eigenvalue weighted by Crippen LogP contribution is -2.23. The molecule has 4 heteroatoms. The molecule has 0 saturated heterocycles. The highest BCUT2D eigenvalue weighted by Crippen LogP contribution is 2.14. The third-order valence-electron chi connectivity index (χ3n) is 2.60. The van der Waals surface area contributed by atoms with Crippen LogP contribution in [-0.4, -0.2) is 22.0 Å². The van der Waals surface area contributed by atoms with Crippen LogP contribution in [0.15, 0.2) is 24.3 Å². The van der Waals surface area contributed by atoms with Gasteiger partial charge < -0.3 is 9.88 Å². The molecule has 0 unspecified atom stereocenters. The number of carbonyl (C=O) groups is 1. The maximum atomic E-state index is 10.8. The molecule has 0 radical (unpaired) electrons. The van der Waals surface area contributed by atoms with Crippen molar-refractivity contribution >= 4 is 16.9 Å². The fourth-order valence-electron chi connectivity index (χ4n) is 1.77. The van der Waals surface area contributed by atoms with E-state index in [4.69, 9.17) is 0 Å². The Labute approximate surface area is 94.3 Å². The molecule has 1 amide bonds. The standard InChI is InChI=1S/C12H15N3O/c1-9(16)13-8-7-12-14-10-5-3-4-6-11(10)15(12)2/h3-6H,7-8H2,1-2H3,(H,13,16). The Morgan fingerprint density at radius 1 is 1.44 bits per heavy atom. The van der Waals surface area contributed by atoms with Gasteiger partial charge in [0.2, 0.25) is 5.91 Å². The molecule has 1 aromatic carbocycles. The van der Waals surface area contributed by atoms with Crippen molar-refractivity contribution in [2.45, 2.75) is 13.3 Å². The van der Waals surface area contributed by atoms with E-state index >= 15 is 0 Å². The van der Waals surface area contributed by atoms with Crippen molar-refractivity contribution in [1.29, 1.82) is 0 Å². The van der Waals surface area contributed by atoms with Crippen LogP contribution in [0.2, 0.25) is 0 Å². The summed E-state index contributed by atoms with van der Waals surface area (Å²) in [7, 11) is 2.00. The van der Waals surface area contributed by atoms with Crippen molar-refractivity contribution in [3.8, 4) is 0 Å². The van der Waals surface area contributed by atoms with Gasteiger partial charge in [0.1, 0.15) is 5.82 Å². The van der Waals surface area contributed by atoms with E-state index < -0.39 is 0 Å². The van der Waals surface area contributed by atoms with Crippen LogP contribution < -0.4 is 5.32 Å². The molecule has 4 nitrogen and oxygen atoms in total. The predicted molar refractivity (Wildman–Crippen MR) is 63.1 cm³/mol. The third-order valence-corrected chi connectivity index (χ3v) is 2.60. The van der Waals surface area contributed by atoms with Gasteiger partial charge in [-0.3, -0.25) is 4.79 Å². The Morgan fingerprint density at radius 3 is 2.88 bits per heavy atom. The third kappa shape index (κ3) is 2.05. The number of nitrogens with one attached hydrogen (secondary N) is 1. The second-order valence-electron chi connectivity index (χ2n) is 3.81. The van der Waals surface area contributed by atoms with E-state index in [9.17, 15) is 4.79 Å². The van der Waals surface area contributed by atoms with Gasteiger partial charge in [-0.05, 0) is 12.1 Å². The van der Waals surface area contributed by atoms with Gasteiger partial charge in [-0.25, -0.2) is 4.98 Å². The summed E-state index contributed by atoms with van der Waals surface area (Å²) in [4.78, 5) is 15.3. The Kier molecular flexibility index (Phi) is 2.90. The minimum atomic E-state index is -0.00114. The van der Waals surface area contributed by atoms with Gasteiger partial charge in [-0.2, -0.15) is 0 Å². The minimum Gasteiger partial charge on any atom is -0.356 e. The van der Waals surface area contributed by atoms with Gasteiger partial charge in [-0.1, -0.05) is 12.1 Å². The first-order valence-corrected chi connectivity index (χ1v) is 5.33. The zero-order chi connectivity index (χ0) is 11.5. The van der Waals surface area contributed by atoms with Gasteiger partial charge in [0.25, 0.3) is 0 Å². The fraction of sp³-hybridized carbons (Fsp3) is 0.333. The zero-order valence-electron chi connectivity index (χ0n) is 9.53. The largest absolute Gasteiger partial charge is 0.356 e. The van der Waals surface area contributed by atoms with Crippen LogP contribution in [0.5, 0.6) is 0 Å². The van der Waals surface area contributed by atoms with Crippen LogP contribution >= 0.6 is 0 Å². The topological polar surface area (TPSA) is 46.9 Å². The van der Waals surface area contributed by atoms with E-state index in [2.05, 4.69) is 14.9 Å². The van der Waals surface area contributed by atoms with Crippen molar-refractivity contribution in [3.05, 3.63) is 30.1 Å². The number of hydrogen-bond donors (Lipinski definition) is 1. The molecule has 0 atom stereocenters. The number of nitrogens with zero attached hydrogens (tertiary/aromatic N) is 2. The number of fused-ring (bicyclic) bond motifs is 1. The minimum absolute atomic E-state index is 0.00114. The van der Waals surface area contributed by atoms with E-state index in [1.165, 1.54) is 6.92 Å². The van der Waals surface area contributed by atoms with Crippen molar-refractivity contribution in [3.63, 3.8) is 0 Å². The maximum absolute atomic E-state index is 10.8. The van der Waals surface area contributed by atoms with Gasteiger partial charge in [0, 0.05) is 26.9 Å². The quantitative estimate of drug-likeness (QED) is 0.841. The molecular weight excluding hydrogens is 202 g/mol. The first-order valence-electron chi connectivity index (χ1n) is 5.33. The van der Waals surface area contributed by atoms with E-state index in [0.717, 1.165) is 23.3 Å². The number of imidazole rings is 1. The summed E-state index contributed by atoms with van der Waals surface area (Å²) in [6, 6.07) is 8.02. The van der Waals surface area contributed by atoms with Crippen molar-refractivity contribution in [2.24, 2.45) is 7.05 Å². The molecule has 0 aliphatic carbocycles. The van der Waals surface area contributed by atoms with Gasteiger partial charge in [-0.15, -0.1) is 0 Å². The fourth-order valence-corrected chi connectivity index (χ4v) is 1.77. The molecule has 0 aliphatic rings. The lowest BCUT2D eigenvalue weighted by atomic mass is 10.3. The Hall–Kier alpha value is -1.84. The van der Waals surface area contributed by atoms with Crippen LogP contribution in [0.1, 0.15) is 12.7 Å². The molecule has 0 fully saturated rings. The molecule has 0 saturated carbocycles. The SMILES string of the molecule is CC(=O)NCCc1nc2ccccc2n1C. The molecule has 1 heterocycles. The van der Waals surface area contributed by atoms with Crippen LogP contribution in [-0.2, 0) is 18.3 Å². The Bertz CT molecular complexity index is 516. The predicted octanol–water partition coefficient (Wildman–Crippen LogP) is 1.25.